The Balaban J connectivity index is 2.89. The molecule has 0 aromatic heterocycles. The van der Waals surface area contributed by atoms with Crippen LogP contribution in [-0.2, 0) is 0 Å². The highest BCUT2D eigenvalue weighted by Gasteiger charge is 2.26. The van der Waals surface area contributed by atoms with Crippen LogP contribution in [0.2, 0.25) is 0 Å². The molecule has 1 aromatic rings. The first kappa shape index (κ1) is 11.9. The van der Waals surface area contributed by atoms with Gasteiger partial charge in [0.25, 0.3) is 0 Å². The molecule has 0 fully saturated rings. The summed E-state index contributed by atoms with van der Waals surface area (Å²) in [6.45, 7) is 6.31. The van der Waals surface area contributed by atoms with Crippen molar-refractivity contribution in [3.8, 4) is 0 Å². The molecular formula is C12H16FNO. The second-order valence-corrected chi connectivity index (χ2v) is 3.99. The molecule has 0 heterocycles. The molecule has 0 radical (unpaired) electrons. The Morgan fingerprint density at radius 3 is 2.33 bits per heavy atom. The number of carbonyl (C=O) groups excluding carboxylic acids is 1. The van der Waals surface area contributed by atoms with Crippen LogP contribution >= 0.6 is 0 Å². The number of Topliss-reactive ketones (excluding diaryl/α,β-unsaturated/α-hetero) is 1. The van der Waals surface area contributed by atoms with Crippen molar-refractivity contribution in [1.82, 2.24) is 5.32 Å². The molecule has 0 aliphatic rings. The summed E-state index contributed by atoms with van der Waals surface area (Å²) in [4.78, 5) is 12.0. The molecule has 0 saturated carbocycles. The smallest absolute Gasteiger partial charge is 0.182 e. The molecule has 0 spiro atoms. The number of halogens is 1. The van der Waals surface area contributed by atoms with Crippen LogP contribution in [0.4, 0.5) is 4.39 Å². The maximum Gasteiger partial charge on any atom is 0.182 e. The predicted molar refractivity (Wildman–Crippen MR) is 58.5 cm³/mol. The predicted octanol–water partition coefficient (Wildman–Crippen LogP) is 2.40. The van der Waals surface area contributed by atoms with Crippen molar-refractivity contribution >= 4 is 5.78 Å². The summed E-state index contributed by atoms with van der Waals surface area (Å²) in [5, 5.41) is 3.09. The van der Waals surface area contributed by atoms with Gasteiger partial charge in [0.05, 0.1) is 5.54 Å². The van der Waals surface area contributed by atoms with Gasteiger partial charge in [-0.25, -0.2) is 4.39 Å². The van der Waals surface area contributed by atoms with Gasteiger partial charge in [-0.05, 0) is 44.7 Å². The molecule has 0 atom stereocenters. The average Bonchev–Trinajstić information content (AvgIpc) is 2.18. The summed E-state index contributed by atoms with van der Waals surface area (Å²) in [6.07, 6.45) is 0. The van der Waals surface area contributed by atoms with Crippen molar-refractivity contribution in [2.45, 2.75) is 26.3 Å². The summed E-state index contributed by atoms with van der Waals surface area (Å²) in [5.41, 5.74) is -0.0746. The van der Waals surface area contributed by atoms with Gasteiger partial charge in [-0.3, -0.25) is 4.79 Å². The van der Waals surface area contributed by atoms with E-state index in [4.69, 9.17) is 0 Å². The molecule has 0 aliphatic heterocycles. The van der Waals surface area contributed by atoms with Gasteiger partial charge >= 0.3 is 0 Å². The number of ketones is 1. The molecule has 1 N–H and O–H groups in total. The molecule has 1 rings (SSSR count). The highest BCUT2D eigenvalue weighted by atomic mass is 19.1. The second kappa shape index (κ2) is 4.53. The normalized spacial score (nSPS) is 11.5. The Morgan fingerprint density at radius 1 is 1.33 bits per heavy atom. The molecule has 0 amide bonds. The largest absolute Gasteiger partial charge is 0.305 e. The number of hydrogen-bond donors (Lipinski definition) is 1. The van der Waals surface area contributed by atoms with E-state index in [1.54, 1.807) is 0 Å². The Kier molecular flexibility index (Phi) is 3.58. The second-order valence-electron chi connectivity index (χ2n) is 3.99. The fraction of sp³-hybridized carbons (Fsp3) is 0.417. The summed E-state index contributed by atoms with van der Waals surface area (Å²) in [6, 6.07) is 5.62. The highest BCUT2D eigenvalue weighted by molar-refractivity contribution is 6.02. The zero-order chi connectivity index (χ0) is 11.5. The SMILES string of the molecule is CCNC(C)(C)C(=O)c1ccc(F)cc1. The highest BCUT2D eigenvalue weighted by Crippen LogP contribution is 2.13. The molecule has 0 saturated heterocycles. The van der Waals surface area contributed by atoms with Crippen molar-refractivity contribution in [1.29, 1.82) is 0 Å². The van der Waals surface area contributed by atoms with Gasteiger partial charge in [-0.15, -0.1) is 0 Å². The quantitative estimate of drug-likeness (QED) is 0.771. The van der Waals surface area contributed by atoms with E-state index in [9.17, 15) is 9.18 Å². The minimum atomic E-state index is -0.605. The molecule has 82 valence electrons. The Bertz CT molecular complexity index is 343. The third kappa shape index (κ3) is 2.86. The molecule has 0 bridgehead atoms. The summed E-state index contributed by atoms with van der Waals surface area (Å²) in [5.74, 6) is -0.350. The third-order valence-electron chi connectivity index (χ3n) is 2.29. The van der Waals surface area contributed by atoms with E-state index in [0.29, 0.717) is 5.56 Å². The van der Waals surface area contributed by atoms with Gasteiger partial charge in [-0.2, -0.15) is 0 Å². The molecule has 15 heavy (non-hydrogen) atoms. The number of hydrogen-bond acceptors (Lipinski definition) is 2. The van der Waals surface area contributed by atoms with Gasteiger partial charge in [-0.1, -0.05) is 6.92 Å². The number of benzene rings is 1. The van der Waals surface area contributed by atoms with Crippen LogP contribution in [-0.4, -0.2) is 17.9 Å². The van der Waals surface area contributed by atoms with E-state index in [1.807, 2.05) is 20.8 Å². The maximum atomic E-state index is 12.7. The van der Waals surface area contributed by atoms with Crippen molar-refractivity contribution in [3.63, 3.8) is 0 Å². The van der Waals surface area contributed by atoms with E-state index in [-0.39, 0.29) is 11.6 Å². The lowest BCUT2D eigenvalue weighted by Gasteiger charge is -2.24. The lowest BCUT2D eigenvalue weighted by atomic mass is 9.93. The van der Waals surface area contributed by atoms with Gasteiger partial charge < -0.3 is 5.32 Å². The number of likely N-dealkylation sites (N-methyl/N-ethyl adjacent to an activating group) is 1. The Morgan fingerprint density at radius 2 is 1.87 bits per heavy atom. The van der Waals surface area contributed by atoms with Crippen molar-refractivity contribution in [2.75, 3.05) is 6.54 Å². The van der Waals surface area contributed by atoms with Gasteiger partial charge in [0.1, 0.15) is 5.82 Å². The first-order valence-electron chi connectivity index (χ1n) is 5.03. The topological polar surface area (TPSA) is 29.1 Å². The van der Waals surface area contributed by atoms with Crippen LogP contribution in [0.1, 0.15) is 31.1 Å². The average molecular weight is 209 g/mol. The molecule has 1 aromatic carbocycles. The zero-order valence-corrected chi connectivity index (χ0v) is 9.30. The van der Waals surface area contributed by atoms with Crippen LogP contribution in [0.15, 0.2) is 24.3 Å². The Hall–Kier alpha value is -1.22. The lowest BCUT2D eigenvalue weighted by Crippen LogP contribution is -2.46. The number of carbonyl (C=O) groups is 1. The molecule has 0 unspecified atom stereocenters. The maximum absolute atomic E-state index is 12.7. The summed E-state index contributed by atoms with van der Waals surface area (Å²) < 4.78 is 12.7. The third-order valence-corrected chi connectivity index (χ3v) is 2.29. The van der Waals surface area contributed by atoms with Crippen molar-refractivity contribution in [2.24, 2.45) is 0 Å². The van der Waals surface area contributed by atoms with Gasteiger partial charge in [0.2, 0.25) is 0 Å². The van der Waals surface area contributed by atoms with Crippen LogP contribution in [0.3, 0.4) is 0 Å². The lowest BCUT2D eigenvalue weighted by molar-refractivity contribution is 0.0884. The van der Waals surface area contributed by atoms with E-state index in [2.05, 4.69) is 5.32 Å². The molecule has 2 nitrogen and oxygen atoms in total. The van der Waals surface area contributed by atoms with E-state index >= 15 is 0 Å². The van der Waals surface area contributed by atoms with Crippen molar-refractivity contribution in [3.05, 3.63) is 35.6 Å². The van der Waals surface area contributed by atoms with Crippen LogP contribution < -0.4 is 5.32 Å². The number of nitrogens with one attached hydrogen (secondary N) is 1. The first-order chi connectivity index (χ1) is 6.97. The van der Waals surface area contributed by atoms with Gasteiger partial charge in [0.15, 0.2) is 5.78 Å². The van der Waals surface area contributed by atoms with Crippen LogP contribution in [0, 0.1) is 5.82 Å². The first-order valence-corrected chi connectivity index (χ1v) is 5.03. The van der Waals surface area contributed by atoms with E-state index in [0.717, 1.165) is 6.54 Å². The molecular weight excluding hydrogens is 193 g/mol. The fourth-order valence-electron chi connectivity index (χ4n) is 1.48. The molecule has 0 aliphatic carbocycles. The van der Waals surface area contributed by atoms with Gasteiger partial charge in [0, 0.05) is 5.56 Å². The monoisotopic (exact) mass is 209 g/mol. The van der Waals surface area contributed by atoms with Crippen LogP contribution in [0.5, 0.6) is 0 Å². The van der Waals surface area contributed by atoms with Crippen molar-refractivity contribution < 1.29 is 9.18 Å². The summed E-state index contributed by atoms with van der Waals surface area (Å²) in [7, 11) is 0. The Labute approximate surface area is 89.5 Å². The van der Waals surface area contributed by atoms with Crippen LogP contribution in [0.25, 0.3) is 0 Å². The minimum absolute atomic E-state index is 0.0237. The van der Waals surface area contributed by atoms with E-state index in [1.165, 1.54) is 24.3 Å². The fourth-order valence-corrected chi connectivity index (χ4v) is 1.48. The standard InChI is InChI=1S/C12H16FNO/c1-4-14-12(2,3)11(15)9-5-7-10(13)8-6-9/h5-8,14H,4H2,1-3H3. The number of rotatable bonds is 4. The van der Waals surface area contributed by atoms with E-state index < -0.39 is 5.54 Å². The summed E-state index contributed by atoms with van der Waals surface area (Å²) >= 11 is 0. The minimum Gasteiger partial charge on any atom is -0.305 e. The molecule has 3 heteroatoms. The zero-order valence-electron chi connectivity index (χ0n) is 9.30.